The average molecular weight is 609 g/mol. The Bertz CT molecular complexity index is 1980. The highest BCUT2D eigenvalue weighted by molar-refractivity contribution is 7.16. The summed E-state index contributed by atoms with van der Waals surface area (Å²) in [7, 11) is 1.88. The smallest absolute Gasteiger partial charge is 0.186 e. The van der Waals surface area contributed by atoms with E-state index < -0.39 is 5.41 Å². The summed E-state index contributed by atoms with van der Waals surface area (Å²) < 4.78 is 14.0. The fraction of sp³-hybridized carbons (Fsp3) is 0.419. The molecule has 0 bridgehead atoms. The van der Waals surface area contributed by atoms with Gasteiger partial charge in [0.1, 0.15) is 22.7 Å². The number of nitriles is 1. The molecular weight excluding hydrogens is 576 g/mol. The van der Waals surface area contributed by atoms with Crippen LogP contribution in [0.15, 0.2) is 23.0 Å². The summed E-state index contributed by atoms with van der Waals surface area (Å²) in [6, 6.07) is 4.23. The quantitative estimate of drug-likeness (QED) is 0.288. The average Bonchev–Trinajstić information content (AvgIpc) is 3.71. The SMILES string of the molecule is C[C@@H]1c2c(ccnc2N)COCCN1c1nc(-c2noc3c2CCC[C@@]32CCCc3sc(N)c(C#N)c32)nc2c1cnn2C. The van der Waals surface area contributed by atoms with Gasteiger partial charge in [-0.3, -0.25) is 4.68 Å². The summed E-state index contributed by atoms with van der Waals surface area (Å²) >= 11 is 1.54. The number of ether oxygens (including phenoxy) is 1. The highest BCUT2D eigenvalue weighted by Gasteiger charge is 2.49. The largest absolute Gasteiger partial charge is 0.389 e. The van der Waals surface area contributed by atoms with Crippen molar-refractivity contribution in [2.45, 2.75) is 63.5 Å². The summed E-state index contributed by atoms with van der Waals surface area (Å²) in [6.07, 6.45) is 8.95. The monoisotopic (exact) mass is 608 g/mol. The Hall–Kier alpha value is -4.54. The van der Waals surface area contributed by atoms with Crippen molar-refractivity contribution < 1.29 is 9.26 Å². The molecule has 44 heavy (non-hydrogen) atoms. The summed E-state index contributed by atoms with van der Waals surface area (Å²) in [5.41, 5.74) is 18.3. The maximum Gasteiger partial charge on any atom is 0.186 e. The van der Waals surface area contributed by atoms with Crippen LogP contribution in [0.5, 0.6) is 0 Å². The fourth-order valence-corrected chi connectivity index (χ4v) is 8.83. The molecule has 0 aromatic carbocycles. The normalized spacial score (nSPS) is 21.4. The van der Waals surface area contributed by atoms with Crippen LogP contribution in [0.4, 0.5) is 16.6 Å². The maximum absolute atomic E-state index is 10.1. The van der Waals surface area contributed by atoms with Crippen molar-refractivity contribution in [3.8, 4) is 17.6 Å². The van der Waals surface area contributed by atoms with Gasteiger partial charge in [0.25, 0.3) is 0 Å². The van der Waals surface area contributed by atoms with Gasteiger partial charge in [0.2, 0.25) is 0 Å². The van der Waals surface area contributed by atoms with Gasteiger partial charge in [-0.05, 0) is 62.6 Å². The maximum atomic E-state index is 10.1. The second-order valence-electron chi connectivity index (χ2n) is 11.9. The molecule has 5 aromatic heterocycles. The topological polar surface area (TPSA) is 171 Å². The van der Waals surface area contributed by atoms with E-state index in [9.17, 15) is 5.26 Å². The summed E-state index contributed by atoms with van der Waals surface area (Å²) in [4.78, 5) is 17.9. The van der Waals surface area contributed by atoms with Gasteiger partial charge in [-0.15, -0.1) is 11.3 Å². The molecule has 1 aliphatic heterocycles. The summed E-state index contributed by atoms with van der Waals surface area (Å²) in [5, 5.41) is 20.7. The zero-order valence-corrected chi connectivity index (χ0v) is 25.4. The first kappa shape index (κ1) is 27.0. The fourth-order valence-electron chi connectivity index (χ4n) is 7.67. The molecular formula is C31H32N10O2S. The van der Waals surface area contributed by atoms with E-state index in [1.165, 1.54) is 16.2 Å². The van der Waals surface area contributed by atoms with Gasteiger partial charge in [0.15, 0.2) is 22.9 Å². The minimum Gasteiger partial charge on any atom is -0.389 e. The highest BCUT2D eigenvalue weighted by atomic mass is 32.1. The number of nitrogens with two attached hydrogens (primary N) is 2. The number of nitrogens with zero attached hydrogens (tertiary/aromatic N) is 8. The number of hydrogen-bond donors (Lipinski definition) is 2. The van der Waals surface area contributed by atoms with Crippen LogP contribution in [-0.2, 0) is 36.6 Å². The lowest BCUT2D eigenvalue weighted by atomic mass is 9.63. The standard InChI is InChI=1S/C31H32N10O2S/c1-16-22-17(7-10-35-26(22)33)15-42-12-11-41(16)30-20-14-36-40(2)29(20)37-28(38-30)24-18-5-3-8-31(25(18)43-39-24)9-4-6-21-23(31)19(13-32)27(34)44-21/h7,10,14,16H,3-6,8-9,11-12,15,34H2,1-2H3,(H2,33,35)/t16-,31+/m1/s1. The van der Waals surface area contributed by atoms with Gasteiger partial charge in [-0.1, -0.05) is 5.16 Å². The van der Waals surface area contributed by atoms with E-state index in [4.69, 9.17) is 30.7 Å². The van der Waals surface area contributed by atoms with Crippen LogP contribution in [0.1, 0.15) is 77.1 Å². The number of anilines is 3. The molecule has 12 nitrogen and oxygen atoms in total. The van der Waals surface area contributed by atoms with Crippen LogP contribution >= 0.6 is 11.3 Å². The summed E-state index contributed by atoms with van der Waals surface area (Å²) in [5.74, 6) is 2.51. The Morgan fingerprint density at radius 3 is 2.86 bits per heavy atom. The molecule has 0 saturated carbocycles. The Kier molecular flexibility index (Phi) is 6.15. The van der Waals surface area contributed by atoms with Crippen molar-refractivity contribution in [2.75, 3.05) is 29.5 Å². The van der Waals surface area contributed by atoms with Crippen LogP contribution in [0.2, 0.25) is 0 Å². The lowest BCUT2D eigenvalue weighted by molar-refractivity contribution is 0.121. The van der Waals surface area contributed by atoms with Crippen molar-refractivity contribution in [3.05, 3.63) is 56.9 Å². The van der Waals surface area contributed by atoms with Gasteiger partial charge >= 0.3 is 0 Å². The number of aryl methyl sites for hydroxylation is 2. The molecule has 0 amide bonds. The number of thiophene rings is 1. The van der Waals surface area contributed by atoms with E-state index in [2.05, 4.69) is 33.1 Å². The van der Waals surface area contributed by atoms with E-state index in [1.807, 2.05) is 13.1 Å². The molecule has 4 N–H and O–H groups in total. The Balaban J connectivity index is 1.30. The number of hydrogen-bond acceptors (Lipinski definition) is 12. The van der Waals surface area contributed by atoms with Crippen LogP contribution in [0.3, 0.4) is 0 Å². The van der Waals surface area contributed by atoms with Crippen LogP contribution < -0.4 is 16.4 Å². The van der Waals surface area contributed by atoms with Crippen LogP contribution in [0.25, 0.3) is 22.6 Å². The molecule has 5 aromatic rings. The Labute approximate surface area is 257 Å². The van der Waals surface area contributed by atoms with E-state index in [1.54, 1.807) is 17.1 Å². The number of nitrogen functional groups attached to an aromatic ring is 2. The molecule has 224 valence electrons. The minimum atomic E-state index is -0.422. The molecule has 0 fully saturated rings. The number of fused-ring (bicyclic) bond motifs is 6. The van der Waals surface area contributed by atoms with E-state index >= 15 is 0 Å². The molecule has 8 rings (SSSR count). The van der Waals surface area contributed by atoms with Gasteiger partial charge in [-0.25, -0.2) is 15.0 Å². The van der Waals surface area contributed by atoms with Gasteiger partial charge in [-0.2, -0.15) is 10.4 Å². The van der Waals surface area contributed by atoms with Crippen LogP contribution in [0, 0.1) is 11.3 Å². The molecule has 0 unspecified atom stereocenters. The van der Waals surface area contributed by atoms with Gasteiger partial charge in [0, 0.05) is 35.8 Å². The predicted molar refractivity (Wildman–Crippen MR) is 166 cm³/mol. The third-order valence-electron chi connectivity index (χ3n) is 9.65. The first-order valence-electron chi connectivity index (χ1n) is 15.0. The minimum absolute atomic E-state index is 0.127. The third kappa shape index (κ3) is 3.80. The molecule has 1 spiro atoms. The molecule has 6 heterocycles. The Morgan fingerprint density at radius 1 is 1.18 bits per heavy atom. The molecule has 13 heteroatoms. The molecule has 0 radical (unpaired) electrons. The first-order valence-corrected chi connectivity index (χ1v) is 15.8. The number of pyridine rings is 1. The lowest BCUT2D eigenvalue weighted by Gasteiger charge is -2.39. The van der Waals surface area contributed by atoms with Crippen LogP contribution in [-0.4, -0.2) is 43.0 Å². The highest BCUT2D eigenvalue weighted by Crippen LogP contribution is 2.55. The second-order valence-corrected chi connectivity index (χ2v) is 13.1. The lowest BCUT2D eigenvalue weighted by Crippen LogP contribution is -2.35. The number of rotatable bonds is 2. The summed E-state index contributed by atoms with van der Waals surface area (Å²) in [6.45, 7) is 3.71. The third-order valence-corrected chi connectivity index (χ3v) is 10.7. The van der Waals surface area contributed by atoms with Crippen molar-refractivity contribution in [1.29, 1.82) is 5.26 Å². The number of aromatic nitrogens is 6. The second kappa shape index (κ2) is 10.0. The molecule has 3 aliphatic rings. The molecule has 2 atom stereocenters. The van der Waals surface area contributed by atoms with Gasteiger partial charge in [0.05, 0.1) is 41.8 Å². The first-order chi connectivity index (χ1) is 21.4. The van der Waals surface area contributed by atoms with E-state index in [-0.39, 0.29) is 6.04 Å². The predicted octanol–water partition coefficient (Wildman–Crippen LogP) is 4.57. The zero-order valence-electron chi connectivity index (χ0n) is 24.6. The van der Waals surface area contributed by atoms with E-state index in [0.717, 1.165) is 77.7 Å². The Morgan fingerprint density at radius 2 is 2.02 bits per heavy atom. The van der Waals surface area contributed by atoms with Crippen molar-refractivity contribution in [3.63, 3.8) is 0 Å². The molecule has 2 aliphatic carbocycles. The van der Waals surface area contributed by atoms with Crippen molar-refractivity contribution in [1.82, 2.24) is 29.9 Å². The van der Waals surface area contributed by atoms with Crippen molar-refractivity contribution >= 4 is 39.0 Å². The van der Waals surface area contributed by atoms with Crippen molar-refractivity contribution in [2.24, 2.45) is 7.05 Å². The van der Waals surface area contributed by atoms with Gasteiger partial charge < -0.3 is 25.6 Å². The van der Waals surface area contributed by atoms with E-state index in [0.29, 0.717) is 53.3 Å². The molecule has 0 saturated heterocycles. The zero-order chi connectivity index (χ0) is 30.2.